The Hall–Kier alpha value is -2.82. The first-order valence-electron chi connectivity index (χ1n) is 10.2. The van der Waals surface area contributed by atoms with Crippen molar-refractivity contribution < 1.29 is 24.5 Å². The molecule has 0 heterocycles. The number of ketones is 1. The number of rotatable bonds is 9. The number of carboxylic acid groups (broad SMARTS) is 1. The molecule has 0 aliphatic heterocycles. The molecule has 1 atom stereocenters. The molecule has 0 saturated heterocycles. The number of ether oxygens (including phenoxy) is 1. The van der Waals surface area contributed by atoms with E-state index in [1.807, 2.05) is 32.0 Å². The number of phenols is 1. The Kier molecular flexibility index (Phi) is 7.30. The molecule has 2 aromatic carbocycles. The van der Waals surface area contributed by atoms with Gasteiger partial charge in [0.1, 0.15) is 11.5 Å². The van der Waals surface area contributed by atoms with E-state index in [0.717, 1.165) is 16.9 Å². The molecule has 5 heteroatoms. The molecule has 2 aromatic rings. The quantitative estimate of drug-likeness (QED) is 0.539. The summed E-state index contributed by atoms with van der Waals surface area (Å²) in [6.45, 7) is 11.1. The van der Waals surface area contributed by atoms with Gasteiger partial charge in [0.25, 0.3) is 0 Å². The van der Waals surface area contributed by atoms with Crippen molar-refractivity contribution in [2.75, 3.05) is 6.61 Å². The van der Waals surface area contributed by atoms with Gasteiger partial charge in [0.2, 0.25) is 0 Å². The van der Waals surface area contributed by atoms with Crippen LogP contribution in [0.1, 0.15) is 59.3 Å². The summed E-state index contributed by atoms with van der Waals surface area (Å²) in [5, 5.41) is 19.7. The molecular formula is C25H32O5. The molecule has 1 unspecified atom stereocenters. The van der Waals surface area contributed by atoms with Gasteiger partial charge in [0.05, 0.1) is 12.0 Å². The van der Waals surface area contributed by atoms with Crippen molar-refractivity contribution in [2.24, 2.45) is 11.3 Å². The maximum atomic E-state index is 13.0. The van der Waals surface area contributed by atoms with Crippen molar-refractivity contribution in [3.63, 3.8) is 0 Å². The van der Waals surface area contributed by atoms with Crippen LogP contribution in [0.4, 0.5) is 0 Å². The van der Waals surface area contributed by atoms with Crippen molar-refractivity contribution in [1.82, 2.24) is 0 Å². The van der Waals surface area contributed by atoms with Gasteiger partial charge in [-0.05, 0) is 94.3 Å². The van der Waals surface area contributed by atoms with E-state index < -0.39 is 17.3 Å². The lowest BCUT2D eigenvalue weighted by Crippen LogP contribution is -2.35. The molecule has 0 fully saturated rings. The highest BCUT2D eigenvalue weighted by atomic mass is 16.5. The van der Waals surface area contributed by atoms with E-state index in [4.69, 9.17) is 4.74 Å². The SMILES string of the molecule is Cc1ccc(C)c(OCCC(CC(=O)c2cc(C)c(O)c(C)c2)C(C)(C)C(=O)O)c1. The number of hydrogen-bond donors (Lipinski definition) is 2. The minimum atomic E-state index is -1.08. The van der Waals surface area contributed by atoms with Gasteiger partial charge >= 0.3 is 5.97 Å². The first-order valence-corrected chi connectivity index (χ1v) is 10.2. The fourth-order valence-corrected chi connectivity index (χ4v) is 3.53. The number of benzene rings is 2. The second-order valence-electron chi connectivity index (χ2n) is 8.72. The fourth-order valence-electron chi connectivity index (χ4n) is 3.53. The third-order valence-corrected chi connectivity index (χ3v) is 5.88. The predicted octanol–water partition coefficient (Wildman–Crippen LogP) is 5.39. The van der Waals surface area contributed by atoms with Crippen LogP contribution in [0.3, 0.4) is 0 Å². The number of hydrogen-bond acceptors (Lipinski definition) is 4. The number of aromatic hydroxyl groups is 1. The average Bonchev–Trinajstić information content (AvgIpc) is 2.67. The van der Waals surface area contributed by atoms with Crippen LogP contribution in [-0.4, -0.2) is 28.6 Å². The number of Topliss-reactive ketones (excluding diaryl/α,β-unsaturated/α-hetero) is 1. The zero-order valence-electron chi connectivity index (χ0n) is 18.7. The number of carbonyl (C=O) groups is 2. The fraction of sp³-hybridized carbons (Fsp3) is 0.440. The summed E-state index contributed by atoms with van der Waals surface area (Å²) >= 11 is 0. The second kappa shape index (κ2) is 9.33. The Balaban J connectivity index is 2.18. The molecule has 0 bridgehead atoms. The standard InChI is InChI=1S/C25H32O5/c1-15-7-8-16(2)22(11-15)30-10-9-20(25(5,6)24(28)29)14-21(26)19-12-17(3)23(27)18(4)13-19/h7-8,11-13,20,27H,9-10,14H2,1-6H3,(H,28,29). The van der Waals surface area contributed by atoms with Crippen molar-refractivity contribution in [3.05, 3.63) is 58.1 Å². The van der Waals surface area contributed by atoms with Crippen LogP contribution in [0.15, 0.2) is 30.3 Å². The Morgan fingerprint density at radius 3 is 2.17 bits per heavy atom. The highest BCUT2D eigenvalue weighted by molar-refractivity contribution is 5.97. The van der Waals surface area contributed by atoms with Gasteiger partial charge in [0.15, 0.2) is 5.78 Å². The van der Waals surface area contributed by atoms with Crippen molar-refractivity contribution in [1.29, 1.82) is 0 Å². The van der Waals surface area contributed by atoms with Crippen molar-refractivity contribution in [3.8, 4) is 11.5 Å². The number of aliphatic carboxylic acids is 1. The van der Waals surface area contributed by atoms with E-state index in [0.29, 0.717) is 29.7 Å². The summed E-state index contributed by atoms with van der Waals surface area (Å²) in [6.07, 6.45) is 0.535. The summed E-state index contributed by atoms with van der Waals surface area (Å²) in [6, 6.07) is 9.27. The van der Waals surface area contributed by atoms with Gasteiger partial charge in [-0.2, -0.15) is 0 Å². The van der Waals surface area contributed by atoms with Crippen LogP contribution in [0.5, 0.6) is 11.5 Å². The van der Waals surface area contributed by atoms with Crippen LogP contribution in [0.2, 0.25) is 0 Å². The highest BCUT2D eigenvalue weighted by Gasteiger charge is 2.38. The molecule has 0 aliphatic carbocycles. The molecule has 30 heavy (non-hydrogen) atoms. The first kappa shape index (κ1) is 23.5. The molecule has 2 N–H and O–H groups in total. The topological polar surface area (TPSA) is 83.8 Å². The van der Waals surface area contributed by atoms with Gasteiger partial charge in [-0.3, -0.25) is 9.59 Å². The molecule has 5 nitrogen and oxygen atoms in total. The Morgan fingerprint density at radius 1 is 1.00 bits per heavy atom. The van der Waals surface area contributed by atoms with Crippen molar-refractivity contribution in [2.45, 2.75) is 54.4 Å². The molecule has 0 amide bonds. The lowest BCUT2D eigenvalue weighted by Gasteiger charge is -2.30. The van der Waals surface area contributed by atoms with Crippen LogP contribution in [-0.2, 0) is 4.79 Å². The van der Waals surface area contributed by atoms with Gasteiger partial charge in [-0.15, -0.1) is 0 Å². The minimum absolute atomic E-state index is 0.0963. The molecule has 0 aromatic heterocycles. The van der Waals surface area contributed by atoms with Gasteiger partial charge < -0.3 is 14.9 Å². The summed E-state index contributed by atoms with van der Waals surface area (Å²) in [5.41, 5.74) is 2.77. The number of aryl methyl sites for hydroxylation is 4. The third-order valence-electron chi connectivity index (χ3n) is 5.88. The summed E-state index contributed by atoms with van der Waals surface area (Å²) in [5.74, 6) is -0.520. The Bertz CT molecular complexity index is 920. The van der Waals surface area contributed by atoms with Gasteiger partial charge in [-0.1, -0.05) is 12.1 Å². The molecule has 0 spiro atoms. The lowest BCUT2D eigenvalue weighted by atomic mass is 9.74. The predicted molar refractivity (Wildman–Crippen MR) is 117 cm³/mol. The molecule has 0 aliphatic rings. The van der Waals surface area contributed by atoms with E-state index in [-0.39, 0.29) is 18.0 Å². The Labute approximate surface area is 178 Å². The van der Waals surface area contributed by atoms with E-state index in [1.54, 1.807) is 39.8 Å². The Morgan fingerprint density at radius 2 is 1.60 bits per heavy atom. The molecule has 0 saturated carbocycles. The minimum Gasteiger partial charge on any atom is -0.507 e. The number of carbonyl (C=O) groups excluding carboxylic acids is 1. The molecule has 0 radical (unpaired) electrons. The summed E-state index contributed by atoms with van der Waals surface area (Å²) in [7, 11) is 0. The van der Waals surface area contributed by atoms with E-state index >= 15 is 0 Å². The number of carboxylic acids is 1. The van der Waals surface area contributed by atoms with Gasteiger partial charge in [0, 0.05) is 12.0 Å². The van der Waals surface area contributed by atoms with Crippen LogP contribution in [0.25, 0.3) is 0 Å². The van der Waals surface area contributed by atoms with E-state index in [1.165, 1.54) is 0 Å². The summed E-state index contributed by atoms with van der Waals surface area (Å²) in [4.78, 5) is 24.8. The van der Waals surface area contributed by atoms with Crippen molar-refractivity contribution >= 4 is 11.8 Å². The third kappa shape index (κ3) is 5.41. The summed E-state index contributed by atoms with van der Waals surface area (Å²) < 4.78 is 5.93. The zero-order valence-corrected chi connectivity index (χ0v) is 18.7. The maximum Gasteiger partial charge on any atom is 0.309 e. The van der Waals surface area contributed by atoms with E-state index in [9.17, 15) is 19.8 Å². The van der Waals surface area contributed by atoms with Crippen LogP contribution >= 0.6 is 0 Å². The zero-order chi connectivity index (χ0) is 22.6. The smallest absolute Gasteiger partial charge is 0.309 e. The largest absolute Gasteiger partial charge is 0.507 e. The molecular weight excluding hydrogens is 380 g/mol. The first-order chi connectivity index (χ1) is 13.9. The van der Waals surface area contributed by atoms with E-state index in [2.05, 4.69) is 0 Å². The highest BCUT2D eigenvalue weighted by Crippen LogP contribution is 2.35. The van der Waals surface area contributed by atoms with Crippen LogP contribution < -0.4 is 4.74 Å². The normalized spacial score (nSPS) is 12.5. The van der Waals surface area contributed by atoms with Crippen LogP contribution in [0, 0.1) is 39.0 Å². The molecule has 2 rings (SSSR count). The average molecular weight is 413 g/mol. The van der Waals surface area contributed by atoms with Gasteiger partial charge in [-0.25, -0.2) is 0 Å². The second-order valence-corrected chi connectivity index (χ2v) is 8.72. The maximum absolute atomic E-state index is 13.0. The molecule has 162 valence electrons. The number of phenolic OH excluding ortho intramolecular Hbond substituents is 1. The monoisotopic (exact) mass is 412 g/mol. The lowest BCUT2D eigenvalue weighted by molar-refractivity contribution is -0.150.